The van der Waals surface area contributed by atoms with Crippen molar-refractivity contribution in [1.29, 1.82) is 0 Å². The molecule has 0 aliphatic carbocycles. The van der Waals surface area contributed by atoms with Gasteiger partial charge in [-0.2, -0.15) is 4.98 Å². The highest BCUT2D eigenvalue weighted by atomic mass is 19.1. The van der Waals surface area contributed by atoms with Crippen molar-refractivity contribution in [3.8, 4) is 11.6 Å². The predicted molar refractivity (Wildman–Crippen MR) is 153 cm³/mol. The molecule has 0 aliphatic heterocycles. The molecule has 4 aromatic rings. The van der Waals surface area contributed by atoms with E-state index in [1.54, 1.807) is 20.2 Å². The van der Waals surface area contributed by atoms with Gasteiger partial charge in [-0.3, -0.25) is 14.4 Å². The van der Waals surface area contributed by atoms with Gasteiger partial charge in [0.2, 0.25) is 11.8 Å². The first-order chi connectivity index (χ1) is 21.0. The maximum Gasteiger partial charge on any atom is 0.407 e. The number of ether oxygens (including phenoxy) is 2. The van der Waals surface area contributed by atoms with Crippen LogP contribution in [0.5, 0.6) is 11.6 Å². The number of nitrogens with zero attached hydrogens (tertiary/aromatic N) is 5. The first-order valence-corrected chi connectivity index (χ1v) is 13.1. The molecule has 1 atom stereocenters. The summed E-state index contributed by atoms with van der Waals surface area (Å²) < 4.78 is 38.7. The quantitative estimate of drug-likeness (QED) is 0.216. The molecular formula is C28H28F2N8O6. The highest BCUT2D eigenvalue weighted by Gasteiger charge is 2.22. The SMILES string of the molecule is COC(=O)N[C@@H](CC/C=C/C(=O)N(C)C)C(=O)Nc1cccn(Cc2nc3c(Oc4ccc(F)cc4F)ncnc3[nH]2)c1=O. The van der Waals surface area contributed by atoms with Gasteiger partial charge < -0.3 is 34.6 Å². The van der Waals surface area contributed by atoms with Crippen LogP contribution in [0.25, 0.3) is 11.2 Å². The Morgan fingerprint density at radius 2 is 1.98 bits per heavy atom. The summed E-state index contributed by atoms with van der Waals surface area (Å²) in [5.41, 5.74) is -0.269. The lowest BCUT2D eigenvalue weighted by molar-refractivity contribution is -0.123. The number of anilines is 1. The molecule has 0 radical (unpaired) electrons. The highest BCUT2D eigenvalue weighted by molar-refractivity contribution is 5.96. The van der Waals surface area contributed by atoms with E-state index in [1.807, 2.05) is 0 Å². The number of methoxy groups -OCH3 is 1. The predicted octanol–water partition coefficient (Wildman–Crippen LogP) is 2.72. The standard InChI is InChI=1S/C28H28F2N8O6/c1-37(2)22(39)9-5-4-7-18(34-28(42)43-3)25(40)33-19-8-6-12-38(27(19)41)14-21-35-23-24(36-21)31-15-32-26(23)44-20-11-10-16(29)13-17(20)30/h5-6,8-13,15,18H,4,7,14H2,1-3H3,(H,33,40)(H,34,42)(H,31,32,35,36)/b9-5+/t18-/m0/s1. The van der Waals surface area contributed by atoms with Gasteiger partial charge in [0.15, 0.2) is 22.7 Å². The van der Waals surface area contributed by atoms with Crippen molar-refractivity contribution < 1.29 is 32.6 Å². The van der Waals surface area contributed by atoms with Crippen LogP contribution < -0.4 is 20.9 Å². The first kappa shape index (κ1) is 31.3. The third-order valence-corrected chi connectivity index (χ3v) is 6.11. The van der Waals surface area contributed by atoms with Crippen LogP contribution in [0, 0.1) is 11.6 Å². The number of fused-ring (bicyclic) bond motifs is 1. The number of nitrogens with one attached hydrogen (secondary N) is 3. The van der Waals surface area contributed by atoms with Gasteiger partial charge in [0.05, 0.1) is 13.7 Å². The van der Waals surface area contributed by atoms with Crippen LogP contribution in [0.15, 0.2) is 59.8 Å². The number of aromatic amines is 1. The van der Waals surface area contributed by atoms with Gasteiger partial charge in [-0.25, -0.2) is 23.5 Å². The molecule has 3 aromatic heterocycles. The topological polar surface area (TPSA) is 173 Å². The minimum absolute atomic E-state index is 0.0702. The molecule has 44 heavy (non-hydrogen) atoms. The van der Waals surface area contributed by atoms with Gasteiger partial charge in [0.1, 0.15) is 29.7 Å². The van der Waals surface area contributed by atoms with Crippen molar-refractivity contribution in [1.82, 2.24) is 34.7 Å². The Labute approximate surface area is 248 Å². The first-order valence-electron chi connectivity index (χ1n) is 13.1. The molecule has 16 heteroatoms. The second-order valence-corrected chi connectivity index (χ2v) is 9.48. The van der Waals surface area contributed by atoms with Crippen LogP contribution >= 0.6 is 0 Å². The maximum absolute atomic E-state index is 14.1. The second-order valence-electron chi connectivity index (χ2n) is 9.48. The number of hydrogen-bond acceptors (Lipinski definition) is 9. The Morgan fingerprint density at radius 3 is 2.70 bits per heavy atom. The van der Waals surface area contributed by atoms with Crippen molar-refractivity contribution in [3.05, 3.63) is 82.8 Å². The van der Waals surface area contributed by atoms with Crippen molar-refractivity contribution >= 4 is 34.8 Å². The lowest BCUT2D eigenvalue weighted by Crippen LogP contribution is -2.44. The minimum atomic E-state index is -1.08. The summed E-state index contributed by atoms with van der Waals surface area (Å²) in [4.78, 5) is 66.6. The van der Waals surface area contributed by atoms with Gasteiger partial charge in [-0.05, 0) is 43.2 Å². The molecule has 0 saturated heterocycles. The van der Waals surface area contributed by atoms with E-state index in [9.17, 15) is 28.0 Å². The molecule has 0 bridgehead atoms. The zero-order chi connectivity index (χ0) is 31.8. The Hall–Kier alpha value is -5.67. The number of amides is 3. The lowest BCUT2D eigenvalue weighted by atomic mass is 10.1. The fourth-order valence-electron chi connectivity index (χ4n) is 3.87. The fraction of sp³-hybridized carbons (Fsp3) is 0.250. The summed E-state index contributed by atoms with van der Waals surface area (Å²) in [7, 11) is 4.34. The summed E-state index contributed by atoms with van der Waals surface area (Å²) in [5.74, 6) is -2.72. The Kier molecular flexibility index (Phi) is 9.95. The fourth-order valence-corrected chi connectivity index (χ4v) is 3.87. The third kappa shape index (κ3) is 7.78. The highest BCUT2D eigenvalue weighted by Crippen LogP contribution is 2.27. The monoisotopic (exact) mass is 610 g/mol. The summed E-state index contributed by atoms with van der Waals surface area (Å²) in [6.07, 6.45) is 5.10. The zero-order valence-electron chi connectivity index (χ0n) is 23.8. The van der Waals surface area contributed by atoms with Crippen LogP contribution in [0.2, 0.25) is 0 Å². The van der Waals surface area contributed by atoms with Crippen LogP contribution in [-0.4, -0.2) is 74.6 Å². The molecule has 230 valence electrons. The van der Waals surface area contributed by atoms with E-state index >= 15 is 0 Å². The average Bonchev–Trinajstić information content (AvgIpc) is 3.41. The number of alkyl carbamates (subject to hydrolysis) is 1. The van der Waals surface area contributed by atoms with Crippen LogP contribution in [0.3, 0.4) is 0 Å². The summed E-state index contributed by atoms with van der Waals surface area (Å²) in [6.45, 7) is -0.0855. The van der Waals surface area contributed by atoms with Crippen LogP contribution in [0.4, 0.5) is 19.3 Å². The number of benzene rings is 1. The zero-order valence-corrected chi connectivity index (χ0v) is 23.8. The molecule has 0 saturated carbocycles. The van der Waals surface area contributed by atoms with Gasteiger partial charge in [0, 0.05) is 26.4 Å². The van der Waals surface area contributed by atoms with Gasteiger partial charge in [-0.15, -0.1) is 0 Å². The average molecular weight is 611 g/mol. The number of pyridine rings is 1. The molecule has 3 heterocycles. The Bertz CT molecular complexity index is 1770. The minimum Gasteiger partial charge on any atom is -0.453 e. The molecule has 0 fully saturated rings. The molecule has 3 N–H and O–H groups in total. The van der Waals surface area contributed by atoms with Crippen molar-refractivity contribution in [3.63, 3.8) is 0 Å². The van der Waals surface area contributed by atoms with Crippen LogP contribution in [-0.2, 0) is 20.9 Å². The Morgan fingerprint density at radius 1 is 1.18 bits per heavy atom. The number of rotatable bonds is 11. The number of H-pyrrole nitrogens is 1. The molecule has 4 rings (SSSR count). The van der Waals surface area contributed by atoms with Gasteiger partial charge in [-0.1, -0.05) is 6.08 Å². The van der Waals surface area contributed by atoms with Gasteiger partial charge in [0.25, 0.3) is 11.4 Å². The molecule has 3 amide bonds. The number of imidazole rings is 1. The number of halogens is 2. The molecule has 14 nitrogen and oxygen atoms in total. The van der Waals surface area contributed by atoms with E-state index in [2.05, 4.69) is 35.3 Å². The van der Waals surface area contributed by atoms with Crippen LogP contribution in [0.1, 0.15) is 18.7 Å². The summed E-state index contributed by atoms with van der Waals surface area (Å²) >= 11 is 0. The Balaban J connectivity index is 1.50. The smallest absolute Gasteiger partial charge is 0.407 e. The molecular weight excluding hydrogens is 582 g/mol. The molecule has 1 aromatic carbocycles. The largest absolute Gasteiger partial charge is 0.453 e. The van der Waals surface area contributed by atoms with Gasteiger partial charge >= 0.3 is 6.09 Å². The van der Waals surface area contributed by atoms with Crippen molar-refractivity contribution in [2.75, 3.05) is 26.5 Å². The summed E-state index contributed by atoms with van der Waals surface area (Å²) in [5, 5.41) is 4.95. The number of aromatic nitrogens is 5. The normalized spacial score (nSPS) is 11.8. The third-order valence-electron chi connectivity index (χ3n) is 6.11. The molecule has 0 spiro atoms. The van der Waals surface area contributed by atoms with Crippen molar-refractivity contribution in [2.24, 2.45) is 0 Å². The van der Waals surface area contributed by atoms with E-state index in [0.29, 0.717) is 6.07 Å². The lowest BCUT2D eigenvalue weighted by Gasteiger charge is -2.17. The number of carbonyl (C=O) groups is 3. The number of hydrogen-bond donors (Lipinski definition) is 3. The summed E-state index contributed by atoms with van der Waals surface area (Å²) in [6, 6.07) is 4.66. The molecule has 0 aliphatic rings. The van der Waals surface area contributed by atoms with E-state index in [-0.39, 0.29) is 59.6 Å². The second kappa shape index (κ2) is 14.0. The number of likely N-dealkylation sites (N-methyl/N-ethyl adjacent to an activating group) is 1. The van der Waals surface area contributed by atoms with E-state index in [1.165, 1.54) is 33.9 Å². The van der Waals surface area contributed by atoms with E-state index < -0.39 is 35.2 Å². The van der Waals surface area contributed by atoms with Crippen molar-refractivity contribution in [2.45, 2.75) is 25.4 Å². The molecule has 0 unspecified atom stereocenters. The number of carbonyl (C=O) groups excluding carboxylic acids is 3. The van der Waals surface area contributed by atoms with E-state index in [0.717, 1.165) is 25.6 Å². The number of allylic oxidation sites excluding steroid dienone is 1. The van der Waals surface area contributed by atoms with E-state index in [4.69, 9.17) is 4.74 Å². The maximum atomic E-state index is 14.1.